The van der Waals surface area contributed by atoms with Crippen molar-refractivity contribution < 1.29 is 4.79 Å². The van der Waals surface area contributed by atoms with Crippen molar-refractivity contribution in [3.05, 3.63) is 11.9 Å². The van der Waals surface area contributed by atoms with Crippen molar-refractivity contribution in [2.24, 2.45) is 0 Å². The molecule has 2 heterocycles. The Morgan fingerprint density at radius 2 is 1.95 bits per heavy atom. The third-order valence-electron chi connectivity index (χ3n) is 3.70. The van der Waals surface area contributed by atoms with Crippen LogP contribution in [0.5, 0.6) is 0 Å². The Balaban J connectivity index is 1.83. The largest absolute Gasteiger partial charge is 0.373 e. The summed E-state index contributed by atoms with van der Waals surface area (Å²) in [7, 11) is 1.84. The number of carbonyl (C=O) groups excluding carboxylic acids is 1. The first-order chi connectivity index (χ1) is 10.2. The molecule has 116 valence electrons. The molecule has 0 bridgehead atoms. The van der Waals surface area contributed by atoms with Crippen LogP contribution < -0.4 is 10.6 Å². The minimum Gasteiger partial charge on any atom is -0.373 e. The van der Waals surface area contributed by atoms with E-state index in [1.165, 1.54) is 6.42 Å². The monoisotopic (exact) mass is 291 g/mol. The summed E-state index contributed by atoms with van der Waals surface area (Å²) in [6.45, 7) is 4.46. The molecule has 2 N–H and O–H groups in total. The first-order valence-electron chi connectivity index (χ1n) is 7.80. The van der Waals surface area contributed by atoms with Gasteiger partial charge in [0.25, 0.3) is 0 Å². The Hall–Kier alpha value is -1.85. The lowest BCUT2D eigenvalue weighted by molar-refractivity contribution is -0.131. The van der Waals surface area contributed by atoms with Gasteiger partial charge in [0, 0.05) is 45.6 Å². The van der Waals surface area contributed by atoms with E-state index >= 15 is 0 Å². The molecule has 2 rings (SSSR count). The zero-order chi connectivity index (χ0) is 15.1. The Labute approximate surface area is 126 Å². The normalized spacial score (nSPS) is 14.9. The van der Waals surface area contributed by atoms with Crippen LogP contribution in [0.1, 0.15) is 38.4 Å². The van der Waals surface area contributed by atoms with E-state index in [1.807, 2.05) is 24.9 Å². The van der Waals surface area contributed by atoms with E-state index in [0.29, 0.717) is 13.0 Å². The van der Waals surface area contributed by atoms with Gasteiger partial charge in [0.05, 0.1) is 0 Å². The first kappa shape index (κ1) is 15.5. The number of hydrogen-bond acceptors (Lipinski definition) is 5. The van der Waals surface area contributed by atoms with Crippen LogP contribution in [-0.4, -0.2) is 47.5 Å². The van der Waals surface area contributed by atoms with Gasteiger partial charge in [-0.25, -0.2) is 9.97 Å². The van der Waals surface area contributed by atoms with Gasteiger partial charge in [-0.15, -0.1) is 0 Å². The second kappa shape index (κ2) is 7.81. The molecule has 0 saturated carbocycles. The Morgan fingerprint density at radius 1 is 1.24 bits per heavy atom. The molecule has 6 heteroatoms. The molecule has 1 aromatic rings. The fourth-order valence-corrected chi connectivity index (χ4v) is 2.47. The lowest BCUT2D eigenvalue weighted by atomic mass is 10.1. The van der Waals surface area contributed by atoms with E-state index in [-0.39, 0.29) is 5.91 Å². The maximum Gasteiger partial charge on any atom is 0.224 e. The van der Waals surface area contributed by atoms with Crippen LogP contribution >= 0.6 is 0 Å². The van der Waals surface area contributed by atoms with Crippen molar-refractivity contribution in [3.63, 3.8) is 0 Å². The smallest absolute Gasteiger partial charge is 0.224 e. The van der Waals surface area contributed by atoms with Crippen LogP contribution in [-0.2, 0) is 11.2 Å². The summed E-state index contributed by atoms with van der Waals surface area (Å²) in [5.41, 5.74) is 0. The van der Waals surface area contributed by atoms with Crippen LogP contribution in [0.4, 0.5) is 11.6 Å². The topological polar surface area (TPSA) is 70.2 Å². The van der Waals surface area contributed by atoms with E-state index in [4.69, 9.17) is 0 Å². The standard InChI is InChI=1S/C15H25N5O/c1-3-12-18-13(16-2)11-14(19-12)17-8-7-15(21)20-9-5-4-6-10-20/h11H,3-10H2,1-2H3,(H2,16,17,18,19). The minimum absolute atomic E-state index is 0.237. The highest BCUT2D eigenvalue weighted by Crippen LogP contribution is 2.12. The molecule has 21 heavy (non-hydrogen) atoms. The van der Waals surface area contributed by atoms with E-state index in [2.05, 4.69) is 20.6 Å². The summed E-state index contributed by atoms with van der Waals surface area (Å²) in [5.74, 6) is 2.61. The third-order valence-corrected chi connectivity index (χ3v) is 3.70. The number of aryl methyl sites for hydroxylation is 1. The zero-order valence-electron chi connectivity index (χ0n) is 13.0. The number of amides is 1. The number of nitrogens with zero attached hydrogens (tertiary/aromatic N) is 3. The van der Waals surface area contributed by atoms with Crippen molar-refractivity contribution >= 4 is 17.5 Å². The predicted molar refractivity (Wildman–Crippen MR) is 84.5 cm³/mol. The molecule has 1 amide bonds. The maximum atomic E-state index is 12.1. The molecule has 0 aromatic carbocycles. The molecule has 1 aliphatic rings. The molecular formula is C15H25N5O. The number of hydrogen-bond donors (Lipinski definition) is 2. The van der Waals surface area contributed by atoms with Gasteiger partial charge in [-0.1, -0.05) is 6.92 Å². The molecule has 1 fully saturated rings. The summed E-state index contributed by atoms with van der Waals surface area (Å²) in [4.78, 5) is 22.8. The average molecular weight is 291 g/mol. The van der Waals surface area contributed by atoms with Gasteiger partial charge >= 0.3 is 0 Å². The Kier molecular flexibility index (Phi) is 5.78. The average Bonchev–Trinajstić information content (AvgIpc) is 2.55. The van der Waals surface area contributed by atoms with Gasteiger partial charge in [0.1, 0.15) is 17.5 Å². The van der Waals surface area contributed by atoms with Crippen LogP contribution in [0.3, 0.4) is 0 Å². The second-order valence-electron chi connectivity index (χ2n) is 5.28. The highest BCUT2D eigenvalue weighted by Gasteiger charge is 2.15. The molecule has 1 aliphatic heterocycles. The van der Waals surface area contributed by atoms with Crippen LogP contribution in [0.15, 0.2) is 6.07 Å². The molecule has 0 spiro atoms. The van der Waals surface area contributed by atoms with Gasteiger partial charge in [-0.05, 0) is 19.3 Å². The Bertz CT molecular complexity index is 449. The molecule has 0 atom stereocenters. The van der Waals surface area contributed by atoms with E-state index in [9.17, 15) is 4.79 Å². The zero-order valence-corrected chi connectivity index (χ0v) is 13.0. The molecule has 1 aromatic heterocycles. The highest BCUT2D eigenvalue weighted by molar-refractivity contribution is 5.76. The number of aromatic nitrogens is 2. The van der Waals surface area contributed by atoms with Gasteiger partial charge in [-0.3, -0.25) is 4.79 Å². The number of likely N-dealkylation sites (tertiary alicyclic amines) is 1. The molecule has 0 radical (unpaired) electrons. The SMILES string of the molecule is CCc1nc(NC)cc(NCCC(=O)N2CCCCC2)n1. The van der Waals surface area contributed by atoms with Crippen LogP contribution in [0.2, 0.25) is 0 Å². The van der Waals surface area contributed by atoms with Gasteiger partial charge < -0.3 is 15.5 Å². The molecular weight excluding hydrogens is 266 g/mol. The van der Waals surface area contributed by atoms with Crippen molar-refractivity contribution in [2.75, 3.05) is 37.3 Å². The summed E-state index contributed by atoms with van der Waals surface area (Å²) in [6.07, 6.45) is 4.82. The predicted octanol–water partition coefficient (Wildman–Crippen LogP) is 1.90. The fraction of sp³-hybridized carbons (Fsp3) is 0.667. The summed E-state index contributed by atoms with van der Waals surface area (Å²) in [5, 5.41) is 6.25. The number of nitrogens with one attached hydrogen (secondary N) is 2. The van der Waals surface area contributed by atoms with E-state index in [0.717, 1.165) is 49.8 Å². The second-order valence-corrected chi connectivity index (χ2v) is 5.28. The molecule has 1 saturated heterocycles. The summed E-state index contributed by atoms with van der Waals surface area (Å²) >= 11 is 0. The van der Waals surface area contributed by atoms with Crippen LogP contribution in [0.25, 0.3) is 0 Å². The number of anilines is 2. The molecule has 0 aliphatic carbocycles. The Morgan fingerprint density at radius 3 is 2.62 bits per heavy atom. The lowest BCUT2D eigenvalue weighted by Gasteiger charge is -2.26. The van der Waals surface area contributed by atoms with Crippen molar-refractivity contribution in [1.82, 2.24) is 14.9 Å². The molecule has 0 unspecified atom stereocenters. The number of piperidine rings is 1. The van der Waals surface area contributed by atoms with Crippen molar-refractivity contribution in [2.45, 2.75) is 39.0 Å². The van der Waals surface area contributed by atoms with Crippen LogP contribution in [0, 0.1) is 0 Å². The van der Waals surface area contributed by atoms with Gasteiger partial charge in [0.2, 0.25) is 5.91 Å². The number of carbonyl (C=O) groups is 1. The first-order valence-corrected chi connectivity index (χ1v) is 7.80. The minimum atomic E-state index is 0.237. The maximum absolute atomic E-state index is 12.1. The lowest BCUT2D eigenvalue weighted by Crippen LogP contribution is -2.36. The summed E-state index contributed by atoms with van der Waals surface area (Å²) in [6, 6.07) is 1.87. The van der Waals surface area contributed by atoms with E-state index < -0.39 is 0 Å². The van der Waals surface area contributed by atoms with Crippen molar-refractivity contribution in [3.8, 4) is 0 Å². The third kappa shape index (κ3) is 4.58. The van der Waals surface area contributed by atoms with Crippen molar-refractivity contribution in [1.29, 1.82) is 0 Å². The summed E-state index contributed by atoms with van der Waals surface area (Å²) < 4.78 is 0. The van der Waals surface area contributed by atoms with Gasteiger partial charge in [0.15, 0.2) is 0 Å². The fourth-order valence-electron chi connectivity index (χ4n) is 2.47. The molecule has 6 nitrogen and oxygen atoms in total. The quantitative estimate of drug-likeness (QED) is 0.837. The number of rotatable bonds is 6. The van der Waals surface area contributed by atoms with Gasteiger partial charge in [-0.2, -0.15) is 0 Å². The highest BCUT2D eigenvalue weighted by atomic mass is 16.2. The van der Waals surface area contributed by atoms with E-state index in [1.54, 1.807) is 0 Å².